The van der Waals surface area contributed by atoms with Gasteiger partial charge in [-0.15, -0.1) is 0 Å². The van der Waals surface area contributed by atoms with Crippen molar-refractivity contribution < 1.29 is 19.1 Å². The number of amides is 2. The fraction of sp³-hybridized carbons (Fsp3) is 0.100. The molecule has 0 bridgehead atoms. The second-order valence-corrected chi connectivity index (χ2v) is 5.88. The van der Waals surface area contributed by atoms with E-state index in [0.717, 1.165) is 0 Å². The number of anilines is 1. The molecule has 3 N–H and O–H groups in total. The summed E-state index contributed by atoms with van der Waals surface area (Å²) in [5, 5.41) is 6.10. The number of carbonyl (C=O) groups excluding carboxylic acids is 3. The van der Waals surface area contributed by atoms with Crippen molar-refractivity contribution in [3.63, 3.8) is 0 Å². The molecular formula is C20H17N3O5. The molecule has 1 heterocycles. The first-order valence-electron chi connectivity index (χ1n) is 8.39. The van der Waals surface area contributed by atoms with Gasteiger partial charge < -0.3 is 20.4 Å². The number of rotatable bonds is 5. The van der Waals surface area contributed by atoms with Crippen LogP contribution < -0.4 is 16.2 Å². The number of esters is 1. The van der Waals surface area contributed by atoms with Crippen molar-refractivity contribution in [2.24, 2.45) is 0 Å². The van der Waals surface area contributed by atoms with Crippen LogP contribution in [0.5, 0.6) is 0 Å². The maximum atomic E-state index is 12.1. The lowest BCUT2D eigenvalue weighted by molar-refractivity contribution is -0.119. The summed E-state index contributed by atoms with van der Waals surface area (Å²) in [5.41, 5.74) is 0.456. The van der Waals surface area contributed by atoms with Crippen molar-refractivity contribution in [1.82, 2.24) is 10.3 Å². The molecule has 3 rings (SSSR count). The molecular weight excluding hydrogens is 362 g/mol. The van der Waals surface area contributed by atoms with E-state index in [-0.39, 0.29) is 11.6 Å². The van der Waals surface area contributed by atoms with Crippen LogP contribution >= 0.6 is 0 Å². The third-order valence-electron chi connectivity index (χ3n) is 3.97. The summed E-state index contributed by atoms with van der Waals surface area (Å²) < 4.78 is 4.96. The third kappa shape index (κ3) is 4.24. The number of fused-ring (bicyclic) bond motifs is 1. The van der Waals surface area contributed by atoms with Crippen LogP contribution in [0.15, 0.2) is 59.4 Å². The number of hydrogen-bond donors (Lipinski definition) is 3. The van der Waals surface area contributed by atoms with Gasteiger partial charge in [-0.3, -0.25) is 14.4 Å². The minimum absolute atomic E-state index is 0.0357. The lowest BCUT2D eigenvalue weighted by Gasteiger charge is -2.08. The van der Waals surface area contributed by atoms with Crippen molar-refractivity contribution >= 4 is 34.2 Å². The Hall–Kier alpha value is -3.94. The van der Waals surface area contributed by atoms with Crippen LogP contribution in [-0.2, 0) is 9.53 Å². The third-order valence-corrected chi connectivity index (χ3v) is 3.97. The van der Waals surface area contributed by atoms with Gasteiger partial charge in [0.15, 0.2) is 6.61 Å². The van der Waals surface area contributed by atoms with E-state index < -0.39 is 24.0 Å². The smallest absolute Gasteiger partial charge is 0.355 e. The largest absolute Gasteiger partial charge is 0.451 e. The highest BCUT2D eigenvalue weighted by Gasteiger charge is 2.13. The molecule has 0 saturated heterocycles. The second-order valence-electron chi connectivity index (χ2n) is 5.88. The summed E-state index contributed by atoms with van der Waals surface area (Å²) in [6, 6.07) is 14.6. The molecule has 142 valence electrons. The number of hydrogen-bond acceptors (Lipinski definition) is 5. The summed E-state index contributed by atoms with van der Waals surface area (Å²) >= 11 is 0. The summed E-state index contributed by atoms with van der Waals surface area (Å²) in [4.78, 5) is 50.0. The highest BCUT2D eigenvalue weighted by Crippen LogP contribution is 2.11. The van der Waals surface area contributed by atoms with Crippen LogP contribution in [0.4, 0.5) is 5.69 Å². The van der Waals surface area contributed by atoms with Gasteiger partial charge in [0.05, 0.1) is 0 Å². The normalized spacial score (nSPS) is 10.3. The maximum Gasteiger partial charge on any atom is 0.355 e. The molecule has 0 aliphatic heterocycles. The van der Waals surface area contributed by atoms with E-state index in [0.29, 0.717) is 22.0 Å². The number of benzene rings is 2. The molecule has 0 radical (unpaired) electrons. The van der Waals surface area contributed by atoms with Crippen molar-refractivity contribution in [1.29, 1.82) is 0 Å². The van der Waals surface area contributed by atoms with Crippen LogP contribution in [0.2, 0.25) is 0 Å². The summed E-state index contributed by atoms with van der Waals surface area (Å²) in [6.45, 7) is -0.523. The summed E-state index contributed by atoms with van der Waals surface area (Å²) in [6.07, 6.45) is 0. The van der Waals surface area contributed by atoms with E-state index in [1.807, 2.05) is 0 Å². The molecule has 3 aromatic rings. The quantitative estimate of drug-likeness (QED) is 0.583. The van der Waals surface area contributed by atoms with Crippen molar-refractivity contribution in [2.45, 2.75) is 0 Å². The number of aromatic nitrogens is 1. The zero-order valence-electron chi connectivity index (χ0n) is 14.9. The van der Waals surface area contributed by atoms with Crippen molar-refractivity contribution in [3.8, 4) is 0 Å². The van der Waals surface area contributed by atoms with E-state index in [9.17, 15) is 19.2 Å². The number of nitrogens with one attached hydrogen (secondary N) is 3. The first-order chi connectivity index (χ1) is 13.5. The molecule has 8 heteroatoms. The molecule has 0 saturated carbocycles. The Morgan fingerprint density at radius 1 is 1.04 bits per heavy atom. The predicted octanol–water partition coefficient (Wildman–Crippen LogP) is 1.68. The molecule has 0 fully saturated rings. The fourth-order valence-electron chi connectivity index (χ4n) is 2.58. The van der Waals surface area contributed by atoms with E-state index >= 15 is 0 Å². The van der Waals surface area contributed by atoms with Gasteiger partial charge in [0.1, 0.15) is 5.69 Å². The van der Waals surface area contributed by atoms with Gasteiger partial charge in [0.25, 0.3) is 17.4 Å². The molecule has 28 heavy (non-hydrogen) atoms. The molecule has 0 aliphatic carbocycles. The number of aromatic amines is 1. The Labute approximate surface area is 159 Å². The minimum atomic E-state index is -0.812. The SMILES string of the molecule is CNC(=O)c1ccc(NC(=O)COC(=O)c2cc3ccccc3c(=O)[nH]2)cc1. The molecule has 2 aromatic carbocycles. The molecule has 0 atom stereocenters. The first kappa shape index (κ1) is 18.8. The monoisotopic (exact) mass is 379 g/mol. The predicted molar refractivity (Wildman–Crippen MR) is 103 cm³/mol. The zero-order valence-corrected chi connectivity index (χ0v) is 14.9. The molecule has 0 unspecified atom stereocenters. The van der Waals surface area contributed by atoms with Crippen LogP contribution in [0, 0.1) is 0 Å². The van der Waals surface area contributed by atoms with Crippen molar-refractivity contribution in [3.05, 3.63) is 76.2 Å². The number of carbonyl (C=O) groups is 3. The van der Waals surface area contributed by atoms with Crippen LogP contribution in [0.3, 0.4) is 0 Å². The molecule has 0 aliphatic rings. The number of pyridine rings is 1. The summed E-state index contributed by atoms with van der Waals surface area (Å²) in [7, 11) is 1.52. The van der Waals surface area contributed by atoms with Crippen molar-refractivity contribution in [2.75, 3.05) is 19.0 Å². The average Bonchev–Trinajstić information content (AvgIpc) is 2.72. The van der Waals surface area contributed by atoms with Gasteiger partial charge in [-0.1, -0.05) is 18.2 Å². The maximum absolute atomic E-state index is 12.1. The fourth-order valence-corrected chi connectivity index (χ4v) is 2.58. The van der Waals surface area contributed by atoms with Gasteiger partial charge in [-0.2, -0.15) is 0 Å². The highest BCUT2D eigenvalue weighted by molar-refractivity contribution is 5.97. The molecule has 8 nitrogen and oxygen atoms in total. The van der Waals surface area contributed by atoms with Crippen LogP contribution in [0.25, 0.3) is 10.8 Å². The Bertz CT molecular complexity index is 1100. The Morgan fingerprint density at radius 2 is 1.75 bits per heavy atom. The van der Waals surface area contributed by atoms with Gasteiger partial charge in [-0.05, 0) is 41.8 Å². The molecule has 0 spiro atoms. The first-order valence-corrected chi connectivity index (χ1v) is 8.39. The lowest BCUT2D eigenvalue weighted by atomic mass is 10.1. The second kappa shape index (κ2) is 8.17. The van der Waals surface area contributed by atoms with Gasteiger partial charge in [0.2, 0.25) is 0 Å². The molecule has 2 amide bonds. The highest BCUT2D eigenvalue weighted by atomic mass is 16.5. The van der Waals surface area contributed by atoms with E-state index in [1.54, 1.807) is 48.5 Å². The van der Waals surface area contributed by atoms with Crippen LogP contribution in [-0.4, -0.2) is 36.4 Å². The van der Waals surface area contributed by atoms with Gasteiger partial charge in [-0.25, -0.2) is 4.79 Å². The summed E-state index contributed by atoms with van der Waals surface area (Å²) in [5.74, 6) is -1.60. The minimum Gasteiger partial charge on any atom is -0.451 e. The Balaban J connectivity index is 1.60. The van der Waals surface area contributed by atoms with E-state index in [2.05, 4.69) is 15.6 Å². The number of ether oxygens (including phenoxy) is 1. The Kier molecular flexibility index (Phi) is 5.50. The number of H-pyrrole nitrogens is 1. The van der Waals surface area contributed by atoms with E-state index in [4.69, 9.17) is 4.74 Å². The molecule has 1 aromatic heterocycles. The van der Waals surface area contributed by atoms with Gasteiger partial charge >= 0.3 is 5.97 Å². The standard InChI is InChI=1S/C20H17N3O5/c1-21-18(25)12-6-8-14(9-7-12)22-17(24)11-28-20(27)16-10-13-4-2-3-5-15(13)19(26)23-16/h2-10H,11H2,1H3,(H,21,25)(H,22,24)(H,23,26). The average molecular weight is 379 g/mol. The topological polar surface area (TPSA) is 117 Å². The Morgan fingerprint density at radius 3 is 2.46 bits per heavy atom. The van der Waals surface area contributed by atoms with Crippen LogP contribution in [0.1, 0.15) is 20.8 Å². The zero-order chi connectivity index (χ0) is 20.1. The lowest BCUT2D eigenvalue weighted by Crippen LogP contribution is -2.22. The van der Waals surface area contributed by atoms with Gasteiger partial charge in [0, 0.05) is 23.7 Å². The van der Waals surface area contributed by atoms with E-state index in [1.165, 1.54) is 13.1 Å².